The number of hydrogen-bond acceptors (Lipinski definition) is 2. The van der Waals surface area contributed by atoms with Crippen LogP contribution in [0.1, 0.15) is 31.1 Å². The topological polar surface area (TPSA) is 24.9 Å². The van der Waals surface area contributed by atoms with Gasteiger partial charge in [0.1, 0.15) is 0 Å². The van der Waals surface area contributed by atoms with Crippen LogP contribution in [0.15, 0.2) is 51.5 Å². The van der Waals surface area contributed by atoms with Crippen molar-refractivity contribution < 1.29 is 0 Å². The van der Waals surface area contributed by atoms with Crippen LogP contribution in [0.3, 0.4) is 0 Å². The fourth-order valence-electron chi connectivity index (χ4n) is 2.18. The second kappa shape index (κ2) is 7.34. The number of nitrogens with one attached hydrogen (secondary N) is 1. The maximum atomic E-state index is 4.45. The Morgan fingerprint density at radius 3 is 2.45 bits per heavy atom. The van der Waals surface area contributed by atoms with E-state index < -0.39 is 0 Å². The van der Waals surface area contributed by atoms with Crippen LogP contribution in [-0.2, 0) is 6.54 Å². The summed E-state index contributed by atoms with van der Waals surface area (Å²) in [5.74, 6) is 0.520. The zero-order valence-electron chi connectivity index (χ0n) is 11.6. The molecule has 0 aliphatic carbocycles. The molecule has 2 aromatic rings. The molecule has 0 bridgehead atoms. The summed E-state index contributed by atoms with van der Waals surface area (Å²) >= 11 is 6.98. The predicted octanol–water partition coefficient (Wildman–Crippen LogP) is 5.09. The van der Waals surface area contributed by atoms with Gasteiger partial charge in [0.05, 0.1) is 5.69 Å². The number of rotatable bonds is 5. The van der Waals surface area contributed by atoms with Crippen molar-refractivity contribution in [2.45, 2.75) is 26.4 Å². The number of pyridine rings is 1. The number of aromatic nitrogens is 1. The lowest BCUT2D eigenvalue weighted by molar-refractivity contribution is 0.408. The van der Waals surface area contributed by atoms with Crippen molar-refractivity contribution in [3.8, 4) is 0 Å². The minimum atomic E-state index is 0.327. The van der Waals surface area contributed by atoms with Crippen molar-refractivity contribution in [1.29, 1.82) is 0 Å². The maximum Gasteiger partial charge on any atom is 0.0684 e. The van der Waals surface area contributed by atoms with Crippen molar-refractivity contribution in [2.75, 3.05) is 0 Å². The molecule has 2 nitrogen and oxygen atoms in total. The van der Waals surface area contributed by atoms with Crippen molar-refractivity contribution in [3.63, 3.8) is 0 Å². The van der Waals surface area contributed by atoms with Gasteiger partial charge in [-0.1, -0.05) is 44.2 Å². The van der Waals surface area contributed by atoms with Crippen LogP contribution >= 0.6 is 31.9 Å². The minimum Gasteiger partial charge on any atom is -0.304 e. The molecule has 20 heavy (non-hydrogen) atoms. The van der Waals surface area contributed by atoms with E-state index in [-0.39, 0.29) is 0 Å². The van der Waals surface area contributed by atoms with Gasteiger partial charge in [-0.05, 0) is 49.4 Å². The van der Waals surface area contributed by atoms with Gasteiger partial charge in [0.25, 0.3) is 0 Å². The lowest BCUT2D eigenvalue weighted by Crippen LogP contribution is -2.25. The highest BCUT2D eigenvalue weighted by molar-refractivity contribution is 9.11. The Balaban J connectivity index is 2.10. The molecular formula is C16H18Br2N2. The molecule has 0 spiro atoms. The first-order valence-electron chi connectivity index (χ1n) is 6.66. The summed E-state index contributed by atoms with van der Waals surface area (Å²) in [6.07, 6.45) is 1.83. The third-order valence-corrected chi connectivity index (χ3v) is 4.32. The summed E-state index contributed by atoms with van der Waals surface area (Å²) in [7, 11) is 0. The van der Waals surface area contributed by atoms with E-state index in [1.165, 1.54) is 5.56 Å². The molecule has 0 aliphatic heterocycles. The fraction of sp³-hybridized carbons (Fsp3) is 0.312. The van der Waals surface area contributed by atoms with Crippen LogP contribution in [0.2, 0.25) is 0 Å². The number of halogens is 2. The fourth-order valence-corrected chi connectivity index (χ4v) is 3.31. The van der Waals surface area contributed by atoms with Crippen LogP contribution in [-0.4, -0.2) is 4.98 Å². The van der Waals surface area contributed by atoms with Gasteiger partial charge in [0.2, 0.25) is 0 Å². The molecule has 2 rings (SSSR count). The number of benzene rings is 1. The largest absolute Gasteiger partial charge is 0.304 e. The summed E-state index contributed by atoms with van der Waals surface area (Å²) in [4.78, 5) is 4.45. The van der Waals surface area contributed by atoms with Crippen LogP contribution < -0.4 is 5.32 Å². The molecule has 0 radical (unpaired) electrons. The maximum absolute atomic E-state index is 4.45. The first-order valence-corrected chi connectivity index (χ1v) is 8.24. The Bertz CT molecular complexity index is 556. The molecule has 1 aromatic heterocycles. The van der Waals surface area contributed by atoms with E-state index in [1.807, 2.05) is 18.3 Å². The van der Waals surface area contributed by atoms with E-state index in [1.54, 1.807) is 0 Å². The van der Waals surface area contributed by atoms with E-state index >= 15 is 0 Å². The predicted molar refractivity (Wildman–Crippen MR) is 90.5 cm³/mol. The van der Waals surface area contributed by atoms with Crippen LogP contribution in [0, 0.1) is 5.92 Å². The lowest BCUT2D eigenvalue weighted by atomic mass is 9.96. The molecule has 106 valence electrons. The van der Waals surface area contributed by atoms with Gasteiger partial charge in [0.15, 0.2) is 0 Å². The molecular weight excluding hydrogens is 380 g/mol. The average molecular weight is 398 g/mol. The summed E-state index contributed by atoms with van der Waals surface area (Å²) in [5.41, 5.74) is 2.34. The normalized spacial score (nSPS) is 12.7. The van der Waals surface area contributed by atoms with Crippen molar-refractivity contribution in [3.05, 3.63) is 62.8 Å². The molecule has 1 heterocycles. The van der Waals surface area contributed by atoms with Crippen molar-refractivity contribution in [1.82, 2.24) is 10.3 Å². The molecule has 0 fully saturated rings. The molecule has 0 amide bonds. The van der Waals surface area contributed by atoms with Gasteiger partial charge < -0.3 is 5.32 Å². The zero-order valence-corrected chi connectivity index (χ0v) is 14.8. The third kappa shape index (κ3) is 4.14. The smallest absolute Gasteiger partial charge is 0.0684 e. The van der Waals surface area contributed by atoms with E-state index in [9.17, 15) is 0 Å². The van der Waals surface area contributed by atoms with Crippen LogP contribution in [0.4, 0.5) is 0 Å². The molecule has 1 atom stereocenters. The van der Waals surface area contributed by atoms with Gasteiger partial charge in [-0.2, -0.15) is 0 Å². The molecule has 1 unspecified atom stereocenters. The third-order valence-electron chi connectivity index (χ3n) is 3.20. The Morgan fingerprint density at radius 2 is 1.85 bits per heavy atom. The summed E-state index contributed by atoms with van der Waals surface area (Å²) < 4.78 is 2.01. The summed E-state index contributed by atoms with van der Waals surface area (Å²) in [5, 5.41) is 3.60. The van der Waals surface area contributed by atoms with E-state index in [0.29, 0.717) is 12.0 Å². The highest BCUT2D eigenvalue weighted by Gasteiger charge is 2.15. The Labute approximate surface area is 137 Å². The monoisotopic (exact) mass is 396 g/mol. The molecule has 1 N–H and O–H groups in total. The summed E-state index contributed by atoms with van der Waals surface area (Å²) in [6, 6.07) is 12.9. The van der Waals surface area contributed by atoms with Gasteiger partial charge in [0, 0.05) is 27.7 Å². The van der Waals surface area contributed by atoms with Gasteiger partial charge in [-0.3, -0.25) is 4.98 Å². The lowest BCUT2D eigenvalue weighted by Gasteiger charge is -2.23. The Kier molecular flexibility index (Phi) is 5.75. The molecule has 1 aromatic carbocycles. The second-order valence-corrected chi connectivity index (χ2v) is 6.87. The quantitative estimate of drug-likeness (QED) is 0.759. The molecule has 0 aliphatic rings. The molecule has 4 heteroatoms. The van der Waals surface area contributed by atoms with Gasteiger partial charge in [-0.15, -0.1) is 0 Å². The average Bonchev–Trinajstić information content (AvgIpc) is 2.42. The van der Waals surface area contributed by atoms with Gasteiger partial charge in [-0.25, -0.2) is 0 Å². The van der Waals surface area contributed by atoms with Gasteiger partial charge >= 0.3 is 0 Å². The van der Waals surface area contributed by atoms with E-state index in [2.05, 4.69) is 80.3 Å². The first kappa shape index (κ1) is 15.7. The second-order valence-electron chi connectivity index (χ2n) is 5.10. The number of nitrogens with zero attached hydrogens (tertiary/aromatic N) is 1. The summed E-state index contributed by atoms with van der Waals surface area (Å²) in [6.45, 7) is 5.20. The SMILES string of the molecule is CC(C)C(NCc1ncc(Br)cc1Br)c1ccccc1. The van der Waals surface area contributed by atoms with E-state index in [0.717, 1.165) is 21.2 Å². The standard InChI is InChI=1S/C16H18Br2N2/c1-11(2)16(12-6-4-3-5-7-12)20-10-15-14(18)8-13(17)9-19-15/h3-9,11,16,20H,10H2,1-2H3. The Morgan fingerprint density at radius 1 is 1.15 bits per heavy atom. The van der Waals surface area contributed by atoms with Crippen LogP contribution in [0.5, 0.6) is 0 Å². The highest BCUT2D eigenvalue weighted by atomic mass is 79.9. The van der Waals surface area contributed by atoms with E-state index in [4.69, 9.17) is 0 Å². The first-order chi connectivity index (χ1) is 9.58. The Hall–Kier alpha value is -0.710. The molecule has 0 saturated heterocycles. The van der Waals surface area contributed by atoms with Crippen molar-refractivity contribution in [2.24, 2.45) is 5.92 Å². The molecule has 0 saturated carbocycles. The van der Waals surface area contributed by atoms with Crippen LogP contribution in [0.25, 0.3) is 0 Å². The highest BCUT2D eigenvalue weighted by Crippen LogP contribution is 2.24. The zero-order chi connectivity index (χ0) is 14.5. The number of hydrogen-bond donors (Lipinski definition) is 1. The minimum absolute atomic E-state index is 0.327. The van der Waals surface area contributed by atoms with Crippen molar-refractivity contribution >= 4 is 31.9 Å².